The molecule has 1 aliphatic heterocycles. The summed E-state index contributed by atoms with van der Waals surface area (Å²) in [5.74, 6) is -0.258. The molecule has 0 saturated carbocycles. The highest BCUT2D eigenvalue weighted by atomic mass is 19.1. The number of amides is 1. The van der Waals surface area contributed by atoms with Crippen LogP contribution in [0.15, 0.2) is 41.3 Å². The number of carbonyl (C=O) groups excluding carboxylic acids is 1. The molecule has 0 bridgehead atoms. The van der Waals surface area contributed by atoms with E-state index in [1.54, 1.807) is 19.1 Å². The number of carbonyl (C=O) groups is 1. The van der Waals surface area contributed by atoms with E-state index in [2.05, 4.69) is 15.3 Å². The average Bonchev–Trinajstić information content (AvgIpc) is 2.63. The van der Waals surface area contributed by atoms with Crippen LogP contribution < -0.4 is 10.9 Å². The molecular formula is C16H11FN4O2. The lowest BCUT2D eigenvalue weighted by molar-refractivity contribution is 0.0941. The number of pyridine rings is 1. The number of hydrogen-bond donors (Lipinski definition) is 1. The summed E-state index contributed by atoms with van der Waals surface area (Å²) in [4.78, 5) is 33.7. The van der Waals surface area contributed by atoms with Crippen molar-refractivity contribution in [2.24, 2.45) is 0 Å². The first-order chi connectivity index (χ1) is 11.1. The van der Waals surface area contributed by atoms with Gasteiger partial charge in [0.2, 0.25) is 0 Å². The van der Waals surface area contributed by atoms with E-state index in [1.807, 2.05) is 0 Å². The SMILES string of the molecule is CC1NC(=O)c2cccnc2-n2c1nc1cc(F)ccc1c2=O. The summed E-state index contributed by atoms with van der Waals surface area (Å²) in [6, 6.07) is 6.51. The predicted molar refractivity (Wildman–Crippen MR) is 81.0 cm³/mol. The monoisotopic (exact) mass is 310 g/mol. The number of nitrogens with one attached hydrogen (secondary N) is 1. The van der Waals surface area contributed by atoms with Crippen LogP contribution in [0, 0.1) is 5.82 Å². The lowest BCUT2D eigenvalue weighted by Gasteiger charge is -2.14. The maximum Gasteiger partial charge on any atom is 0.267 e. The number of fused-ring (bicyclic) bond motifs is 4. The van der Waals surface area contributed by atoms with Crippen LogP contribution in [0.2, 0.25) is 0 Å². The molecule has 3 heterocycles. The van der Waals surface area contributed by atoms with Crippen molar-refractivity contribution < 1.29 is 9.18 Å². The molecule has 6 nitrogen and oxygen atoms in total. The summed E-state index contributed by atoms with van der Waals surface area (Å²) in [6.45, 7) is 1.72. The zero-order chi connectivity index (χ0) is 16.1. The standard InChI is InChI=1S/C16H11FN4O2/c1-8-13-20-12-7-9(17)4-5-10(12)16(23)21(13)14-11(15(22)19-8)3-2-6-18-14/h2-8H,1H3,(H,19,22). The second kappa shape index (κ2) is 4.70. The Morgan fingerprint density at radius 3 is 2.91 bits per heavy atom. The van der Waals surface area contributed by atoms with Crippen LogP contribution in [0.5, 0.6) is 0 Å². The Labute approximate surface area is 129 Å². The Hall–Kier alpha value is -3.09. The van der Waals surface area contributed by atoms with Crippen LogP contribution in [0.3, 0.4) is 0 Å². The predicted octanol–water partition coefficient (Wildman–Crippen LogP) is 1.72. The first-order valence-electron chi connectivity index (χ1n) is 7.05. The van der Waals surface area contributed by atoms with E-state index in [0.717, 1.165) is 0 Å². The highest BCUT2D eigenvalue weighted by Crippen LogP contribution is 2.23. The normalized spacial score (nSPS) is 16.4. The Morgan fingerprint density at radius 1 is 1.26 bits per heavy atom. The summed E-state index contributed by atoms with van der Waals surface area (Å²) in [7, 11) is 0. The molecule has 23 heavy (non-hydrogen) atoms. The van der Waals surface area contributed by atoms with Gasteiger partial charge in [-0.25, -0.2) is 18.9 Å². The summed E-state index contributed by atoms with van der Waals surface area (Å²) in [5, 5.41) is 3.04. The molecule has 3 aromatic rings. The number of nitrogens with zero attached hydrogens (tertiary/aromatic N) is 3. The van der Waals surface area contributed by atoms with E-state index in [4.69, 9.17) is 0 Å². The molecule has 0 spiro atoms. The van der Waals surface area contributed by atoms with Crippen molar-refractivity contribution in [3.8, 4) is 5.82 Å². The molecule has 114 valence electrons. The van der Waals surface area contributed by atoms with Crippen LogP contribution in [-0.4, -0.2) is 20.4 Å². The largest absolute Gasteiger partial charge is 0.342 e. The Balaban J connectivity index is 2.18. The van der Waals surface area contributed by atoms with Gasteiger partial charge in [-0.2, -0.15) is 0 Å². The molecule has 1 unspecified atom stereocenters. The minimum Gasteiger partial charge on any atom is -0.342 e. The Bertz CT molecular complexity index is 1030. The van der Waals surface area contributed by atoms with Crippen LogP contribution >= 0.6 is 0 Å². The highest BCUT2D eigenvalue weighted by Gasteiger charge is 2.27. The smallest absolute Gasteiger partial charge is 0.267 e. The molecule has 7 heteroatoms. The molecule has 1 aliphatic rings. The fraction of sp³-hybridized carbons (Fsp3) is 0.125. The van der Waals surface area contributed by atoms with Crippen molar-refractivity contribution in [2.75, 3.05) is 0 Å². The van der Waals surface area contributed by atoms with Gasteiger partial charge in [0.25, 0.3) is 11.5 Å². The third-order valence-electron chi connectivity index (χ3n) is 3.84. The van der Waals surface area contributed by atoms with Crippen molar-refractivity contribution in [1.82, 2.24) is 19.9 Å². The summed E-state index contributed by atoms with van der Waals surface area (Å²) in [6.07, 6.45) is 1.51. The van der Waals surface area contributed by atoms with Crippen LogP contribution in [0.25, 0.3) is 16.7 Å². The van der Waals surface area contributed by atoms with Crippen molar-refractivity contribution in [3.05, 3.63) is 64.1 Å². The van der Waals surface area contributed by atoms with E-state index < -0.39 is 11.9 Å². The zero-order valence-electron chi connectivity index (χ0n) is 12.1. The lowest BCUT2D eigenvalue weighted by Crippen LogP contribution is -2.28. The average molecular weight is 310 g/mol. The van der Waals surface area contributed by atoms with Crippen molar-refractivity contribution in [1.29, 1.82) is 0 Å². The fourth-order valence-electron chi connectivity index (χ4n) is 2.76. The third-order valence-corrected chi connectivity index (χ3v) is 3.84. The molecule has 1 amide bonds. The topological polar surface area (TPSA) is 76.9 Å². The van der Waals surface area contributed by atoms with Gasteiger partial charge < -0.3 is 5.32 Å². The lowest BCUT2D eigenvalue weighted by atomic mass is 10.2. The molecule has 0 saturated heterocycles. The number of hydrogen-bond acceptors (Lipinski definition) is 4. The molecule has 1 N–H and O–H groups in total. The first kappa shape index (κ1) is 13.6. The minimum absolute atomic E-state index is 0.230. The van der Waals surface area contributed by atoms with E-state index in [-0.39, 0.29) is 28.2 Å². The third kappa shape index (κ3) is 1.93. The number of aromatic nitrogens is 3. The molecular weight excluding hydrogens is 299 g/mol. The summed E-state index contributed by atoms with van der Waals surface area (Å²) in [5.41, 5.74) is 0.165. The zero-order valence-corrected chi connectivity index (χ0v) is 12.1. The Kier molecular flexibility index (Phi) is 2.77. The van der Waals surface area contributed by atoms with Gasteiger partial charge in [0.1, 0.15) is 11.6 Å². The molecule has 1 atom stereocenters. The van der Waals surface area contributed by atoms with Gasteiger partial charge in [0.15, 0.2) is 5.82 Å². The van der Waals surface area contributed by atoms with Crippen molar-refractivity contribution >= 4 is 16.8 Å². The molecule has 4 rings (SSSR count). The highest BCUT2D eigenvalue weighted by molar-refractivity contribution is 5.98. The number of halogens is 1. The fourth-order valence-corrected chi connectivity index (χ4v) is 2.76. The van der Waals surface area contributed by atoms with E-state index >= 15 is 0 Å². The summed E-state index contributed by atoms with van der Waals surface area (Å²) < 4.78 is 14.8. The molecule has 1 aromatic carbocycles. The van der Waals surface area contributed by atoms with Gasteiger partial charge in [0, 0.05) is 12.3 Å². The Morgan fingerprint density at radius 2 is 2.09 bits per heavy atom. The number of rotatable bonds is 0. The molecule has 0 aliphatic carbocycles. The van der Waals surface area contributed by atoms with Gasteiger partial charge in [-0.15, -0.1) is 0 Å². The van der Waals surface area contributed by atoms with Gasteiger partial charge in [0.05, 0.1) is 22.5 Å². The quantitative estimate of drug-likeness (QED) is 0.686. The molecule has 0 radical (unpaired) electrons. The van der Waals surface area contributed by atoms with Crippen LogP contribution in [-0.2, 0) is 0 Å². The minimum atomic E-state index is -0.517. The van der Waals surface area contributed by atoms with Gasteiger partial charge in [-0.05, 0) is 31.2 Å². The second-order valence-corrected chi connectivity index (χ2v) is 5.34. The first-order valence-corrected chi connectivity index (χ1v) is 7.05. The maximum absolute atomic E-state index is 13.4. The molecule has 0 fully saturated rings. The van der Waals surface area contributed by atoms with Crippen LogP contribution in [0.1, 0.15) is 29.1 Å². The van der Waals surface area contributed by atoms with Gasteiger partial charge in [-0.3, -0.25) is 9.59 Å². The second-order valence-electron chi connectivity index (χ2n) is 5.34. The van der Waals surface area contributed by atoms with Gasteiger partial charge in [-0.1, -0.05) is 0 Å². The van der Waals surface area contributed by atoms with Crippen LogP contribution in [0.4, 0.5) is 4.39 Å². The summed E-state index contributed by atoms with van der Waals surface area (Å²) >= 11 is 0. The van der Waals surface area contributed by atoms with E-state index in [1.165, 1.54) is 29.0 Å². The van der Waals surface area contributed by atoms with Crippen molar-refractivity contribution in [3.63, 3.8) is 0 Å². The maximum atomic E-state index is 13.4. The number of benzene rings is 1. The van der Waals surface area contributed by atoms with E-state index in [0.29, 0.717) is 11.4 Å². The molecule has 2 aromatic heterocycles. The van der Waals surface area contributed by atoms with Gasteiger partial charge >= 0.3 is 0 Å². The van der Waals surface area contributed by atoms with E-state index in [9.17, 15) is 14.0 Å². The van der Waals surface area contributed by atoms with Crippen molar-refractivity contribution in [2.45, 2.75) is 13.0 Å².